The first-order valence-corrected chi connectivity index (χ1v) is 9.64. The van der Waals surface area contributed by atoms with Gasteiger partial charge in [-0.25, -0.2) is 0 Å². The van der Waals surface area contributed by atoms with E-state index in [2.05, 4.69) is 16.0 Å². The maximum absolute atomic E-state index is 12.2. The standard InChI is InChI=1S/C21H31N3O3/c1-21(2,3)24-19(26)13-22-18-9-7-15(8-10-18)12-23-20(27)17-6-4-5-16(11-17)14-25/h4-6,11,14-15,18,22H,7-10,12-13H2,1-3H3,(H,23,27)(H,24,26)/t15-,18+. The summed E-state index contributed by atoms with van der Waals surface area (Å²) < 4.78 is 0. The molecule has 1 aliphatic carbocycles. The van der Waals surface area contributed by atoms with Crippen molar-refractivity contribution in [3.63, 3.8) is 0 Å². The smallest absolute Gasteiger partial charge is 0.251 e. The predicted molar refractivity (Wildman–Crippen MR) is 106 cm³/mol. The summed E-state index contributed by atoms with van der Waals surface area (Å²) in [6.07, 6.45) is 4.79. The van der Waals surface area contributed by atoms with Crippen molar-refractivity contribution in [2.24, 2.45) is 5.92 Å². The summed E-state index contributed by atoms with van der Waals surface area (Å²) >= 11 is 0. The molecule has 0 aliphatic heterocycles. The van der Waals surface area contributed by atoms with E-state index in [4.69, 9.17) is 0 Å². The number of aldehydes is 1. The lowest BCUT2D eigenvalue weighted by Gasteiger charge is -2.29. The number of amides is 2. The van der Waals surface area contributed by atoms with Crippen LogP contribution in [0.2, 0.25) is 0 Å². The molecule has 0 heterocycles. The van der Waals surface area contributed by atoms with Crippen LogP contribution in [0, 0.1) is 5.92 Å². The van der Waals surface area contributed by atoms with Crippen LogP contribution >= 0.6 is 0 Å². The van der Waals surface area contributed by atoms with E-state index in [-0.39, 0.29) is 17.4 Å². The molecule has 0 bridgehead atoms. The first kappa shape index (κ1) is 21.1. The average Bonchev–Trinajstić information content (AvgIpc) is 2.64. The molecule has 0 atom stereocenters. The first-order valence-electron chi connectivity index (χ1n) is 9.64. The van der Waals surface area contributed by atoms with E-state index in [1.807, 2.05) is 20.8 Å². The topological polar surface area (TPSA) is 87.3 Å². The summed E-state index contributed by atoms with van der Waals surface area (Å²) in [7, 11) is 0. The fourth-order valence-corrected chi connectivity index (χ4v) is 3.36. The number of rotatable bonds is 7. The van der Waals surface area contributed by atoms with Crippen LogP contribution in [0.4, 0.5) is 0 Å². The summed E-state index contributed by atoms with van der Waals surface area (Å²) in [6.45, 7) is 6.90. The molecule has 2 amide bonds. The van der Waals surface area contributed by atoms with Gasteiger partial charge in [-0.2, -0.15) is 0 Å². The zero-order valence-corrected chi connectivity index (χ0v) is 16.5. The highest BCUT2D eigenvalue weighted by atomic mass is 16.2. The number of hydrogen-bond acceptors (Lipinski definition) is 4. The van der Waals surface area contributed by atoms with Crippen molar-refractivity contribution in [2.75, 3.05) is 13.1 Å². The molecular formula is C21H31N3O3. The van der Waals surface area contributed by atoms with Crippen molar-refractivity contribution in [1.82, 2.24) is 16.0 Å². The van der Waals surface area contributed by atoms with Gasteiger partial charge in [0.1, 0.15) is 6.29 Å². The Hall–Kier alpha value is -2.21. The molecule has 0 spiro atoms. The number of nitrogens with one attached hydrogen (secondary N) is 3. The van der Waals surface area contributed by atoms with Crippen molar-refractivity contribution in [3.8, 4) is 0 Å². The van der Waals surface area contributed by atoms with Crippen molar-refractivity contribution < 1.29 is 14.4 Å². The summed E-state index contributed by atoms with van der Waals surface area (Å²) in [5.41, 5.74) is 0.810. The van der Waals surface area contributed by atoms with Crippen molar-refractivity contribution in [3.05, 3.63) is 35.4 Å². The second-order valence-corrected chi connectivity index (χ2v) is 8.35. The predicted octanol–water partition coefficient (Wildman–Crippen LogP) is 2.29. The maximum atomic E-state index is 12.2. The Morgan fingerprint density at radius 3 is 2.48 bits per heavy atom. The Morgan fingerprint density at radius 1 is 1.15 bits per heavy atom. The maximum Gasteiger partial charge on any atom is 0.251 e. The van der Waals surface area contributed by atoms with Crippen LogP contribution in [-0.4, -0.2) is 42.8 Å². The Labute approximate surface area is 161 Å². The van der Waals surface area contributed by atoms with Gasteiger partial charge in [0, 0.05) is 29.3 Å². The minimum Gasteiger partial charge on any atom is -0.352 e. The Bertz CT molecular complexity index is 659. The first-order chi connectivity index (χ1) is 12.8. The second-order valence-electron chi connectivity index (χ2n) is 8.35. The van der Waals surface area contributed by atoms with Gasteiger partial charge in [-0.3, -0.25) is 14.4 Å². The highest BCUT2D eigenvalue weighted by Crippen LogP contribution is 2.23. The van der Waals surface area contributed by atoms with Crippen LogP contribution in [-0.2, 0) is 4.79 Å². The molecule has 2 rings (SSSR count). The lowest BCUT2D eigenvalue weighted by molar-refractivity contribution is -0.121. The molecule has 0 saturated heterocycles. The van der Waals surface area contributed by atoms with E-state index in [1.54, 1.807) is 24.3 Å². The van der Waals surface area contributed by atoms with Crippen molar-refractivity contribution >= 4 is 18.1 Å². The lowest BCUT2D eigenvalue weighted by Crippen LogP contribution is -2.47. The Kier molecular flexibility index (Phi) is 7.54. The highest BCUT2D eigenvalue weighted by molar-refractivity contribution is 5.95. The van der Waals surface area contributed by atoms with Gasteiger partial charge in [0.2, 0.25) is 5.91 Å². The van der Waals surface area contributed by atoms with Gasteiger partial charge in [-0.05, 0) is 64.5 Å². The third kappa shape index (κ3) is 7.51. The van der Waals surface area contributed by atoms with Crippen LogP contribution in [0.1, 0.15) is 67.2 Å². The van der Waals surface area contributed by atoms with E-state index in [0.29, 0.717) is 36.2 Å². The van der Waals surface area contributed by atoms with Crippen LogP contribution < -0.4 is 16.0 Å². The average molecular weight is 373 g/mol. The molecule has 1 saturated carbocycles. The lowest BCUT2D eigenvalue weighted by atomic mass is 9.86. The van der Waals surface area contributed by atoms with Crippen LogP contribution in [0.15, 0.2) is 24.3 Å². The highest BCUT2D eigenvalue weighted by Gasteiger charge is 2.22. The summed E-state index contributed by atoms with van der Waals surface area (Å²) in [4.78, 5) is 34.9. The molecule has 27 heavy (non-hydrogen) atoms. The SMILES string of the molecule is CC(C)(C)NC(=O)CN[C@H]1CC[C@@H](CNC(=O)c2cccc(C=O)c2)CC1. The molecular weight excluding hydrogens is 342 g/mol. The molecule has 148 valence electrons. The molecule has 1 fully saturated rings. The minimum atomic E-state index is -0.208. The number of carbonyl (C=O) groups excluding carboxylic acids is 3. The van der Waals surface area contributed by atoms with Gasteiger partial charge < -0.3 is 16.0 Å². The monoisotopic (exact) mass is 373 g/mol. The van der Waals surface area contributed by atoms with Gasteiger partial charge in [-0.15, -0.1) is 0 Å². The van der Waals surface area contributed by atoms with Gasteiger partial charge in [0.25, 0.3) is 5.91 Å². The van der Waals surface area contributed by atoms with E-state index < -0.39 is 0 Å². The van der Waals surface area contributed by atoms with Crippen LogP contribution in [0.5, 0.6) is 0 Å². The van der Waals surface area contributed by atoms with Gasteiger partial charge in [0.15, 0.2) is 0 Å². The molecule has 1 aromatic carbocycles. The third-order valence-corrected chi connectivity index (χ3v) is 4.75. The largest absolute Gasteiger partial charge is 0.352 e. The molecule has 0 unspecified atom stereocenters. The van der Waals surface area contributed by atoms with E-state index in [1.165, 1.54) is 0 Å². The Balaban J connectivity index is 1.68. The van der Waals surface area contributed by atoms with Crippen LogP contribution in [0.3, 0.4) is 0 Å². The van der Waals surface area contributed by atoms with Gasteiger partial charge >= 0.3 is 0 Å². The summed E-state index contributed by atoms with van der Waals surface area (Å²) in [6, 6.07) is 7.06. The molecule has 3 N–H and O–H groups in total. The second kappa shape index (κ2) is 9.65. The zero-order chi connectivity index (χ0) is 19.9. The van der Waals surface area contributed by atoms with Crippen LogP contribution in [0.25, 0.3) is 0 Å². The van der Waals surface area contributed by atoms with Crippen molar-refractivity contribution in [1.29, 1.82) is 0 Å². The zero-order valence-electron chi connectivity index (χ0n) is 16.5. The van der Waals surface area contributed by atoms with Gasteiger partial charge in [0.05, 0.1) is 6.54 Å². The molecule has 6 nitrogen and oxygen atoms in total. The van der Waals surface area contributed by atoms with Crippen molar-refractivity contribution in [2.45, 2.75) is 58.0 Å². The summed E-state index contributed by atoms with van der Waals surface area (Å²) in [5.74, 6) is 0.330. The van der Waals surface area contributed by atoms with E-state index in [0.717, 1.165) is 32.0 Å². The molecule has 1 aliphatic rings. The van der Waals surface area contributed by atoms with E-state index >= 15 is 0 Å². The number of carbonyl (C=O) groups is 3. The third-order valence-electron chi connectivity index (χ3n) is 4.75. The molecule has 0 radical (unpaired) electrons. The minimum absolute atomic E-state index is 0.0226. The normalized spacial score (nSPS) is 20.0. The molecule has 0 aromatic heterocycles. The van der Waals surface area contributed by atoms with Gasteiger partial charge in [-0.1, -0.05) is 12.1 Å². The number of benzene rings is 1. The van der Waals surface area contributed by atoms with E-state index in [9.17, 15) is 14.4 Å². The Morgan fingerprint density at radius 2 is 1.85 bits per heavy atom. The fraction of sp³-hybridized carbons (Fsp3) is 0.571. The molecule has 6 heteroatoms. The quantitative estimate of drug-likeness (QED) is 0.640. The fourth-order valence-electron chi connectivity index (χ4n) is 3.36. The summed E-state index contributed by atoms with van der Waals surface area (Å²) in [5, 5.41) is 9.26. The number of hydrogen-bond donors (Lipinski definition) is 3. The molecule has 1 aromatic rings.